The number of para-hydroxylation sites is 1. The maximum Gasteiger partial charge on any atom is 0.335 e. The van der Waals surface area contributed by atoms with Crippen LogP contribution < -0.4 is 10.2 Å². The number of rotatable bonds is 3. The van der Waals surface area contributed by atoms with Crippen LogP contribution in [0, 0.1) is 17.2 Å². The Labute approximate surface area is 153 Å². The van der Waals surface area contributed by atoms with E-state index in [-0.39, 0.29) is 5.69 Å². The zero-order chi connectivity index (χ0) is 18.7. The average Bonchev–Trinajstić information content (AvgIpc) is 2.63. The van der Waals surface area contributed by atoms with Crippen LogP contribution >= 0.6 is 11.6 Å². The third-order valence-electron chi connectivity index (χ3n) is 3.67. The summed E-state index contributed by atoms with van der Waals surface area (Å²) in [5.41, 5.74) is 0.906. The number of carbonyl (C=O) groups excluding carboxylic acids is 3. The van der Waals surface area contributed by atoms with Gasteiger partial charge in [-0.25, -0.2) is 9.69 Å². The van der Waals surface area contributed by atoms with Crippen LogP contribution in [0.1, 0.15) is 5.56 Å². The second-order valence-electron chi connectivity index (χ2n) is 5.33. The van der Waals surface area contributed by atoms with E-state index in [1.807, 2.05) is 6.07 Å². The molecule has 2 aromatic rings. The fraction of sp³-hybridized carbons (Fsp3) is 0.0556. The number of halogens is 1. The molecular formula is C18H11ClN4O3. The van der Waals surface area contributed by atoms with Crippen LogP contribution in [0.15, 0.2) is 53.5 Å². The fourth-order valence-electron chi connectivity index (χ4n) is 2.39. The molecule has 0 bridgehead atoms. The number of imide groups is 2. The number of benzene rings is 2. The van der Waals surface area contributed by atoms with Gasteiger partial charge in [0.25, 0.3) is 5.91 Å². The predicted octanol–water partition coefficient (Wildman–Crippen LogP) is 2.81. The molecule has 1 aliphatic rings. The molecule has 7 nitrogen and oxygen atoms in total. The Bertz CT molecular complexity index is 963. The number of nitrogens with one attached hydrogen (secondary N) is 1. The van der Waals surface area contributed by atoms with Gasteiger partial charge in [-0.3, -0.25) is 19.9 Å². The number of barbiturate groups is 1. The van der Waals surface area contributed by atoms with Gasteiger partial charge in [-0.1, -0.05) is 23.7 Å². The van der Waals surface area contributed by atoms with Crippen molar-refractivity contribution in [3.8, 4) is 6.07 Å². The highest BCUT2D eigenvalue weighted by Gasteiger charge is 2.40. The van der Waals surface area contributed by atoms with Gasteiger partial charge in [0, 0.05) is 11.2 Å². The number of hydrogen-bond acceptors (Lipinski definition) is 5. The summed E-state index contributed by atoms with van der Waals surface area (Å²) in [5.74, 6) is -2.81. The molecule has 3 rings (SSSR count). The third-order valence-corrected chi connectivity index (χ3v) is 3.93. The molecule has 1 N–H and O–H groups in total. The number of hydrogen-bond donors (Lipinski definition) is 1. The molecule has 128 valence electrons. The lowest BCUT2D eigenvalue weighted by atomic mass is 10.1. The lowest BCUT2D eigenvalue weighted by molar-refractivity contribution is -0.131. The molecule has 1 fully saturated rings. The summed E-state index contributed by atoms with van der Waals surface area (Å²) in [6.45, 7) is 0. The first-order valence-electron chi connectivity index (χ1n) is 7.49. The maximum absolute atomic E-state index is 12.7. The molecule has 1 saturated heterocycles. The van der Waals surface area contributed by atoms with Crippen LogP contribution in [-0.2, 0) is 9.59 Å². The minimum Gasteiger partial charge on any atom is -0.276 e. The summed E-state index contributed by atoms with van der Waals surface area (Å²) in [6.07, 6.45) is 1.13. The lowest BCUT2D eigenvalue weighted by Crippen LogP contribution is -2.58. The topological polar surface area (TPSA) is 103 Å². The molecule has 8 heteroatoms. The summed E-state index contributed by atoms with van der Waals surface area (Å²) in [6, 6.07) is 13.7. The predicted molar refractivity (Wildman–Crippen MR) is 95.3 cm³/mol. The van der Waals surface area contributed by atoms with E-state index in [1.165, 1.54) is 24.3 Å². The van der Waals surface area contributed by atoms with E-state index < -0.39 is 23.8 Å². The average molecular weight is 367 g/mol. The van der Waals surface area contributed by atoms with Crippen molar-refractivity contribution in [3.05, 3.63) is 59.1 Å². The van der Waals surface area contributed by atoms with E-state index in [4.69, 9.17) is 16.9 Å². The largest absolute Gasteiger partial charge is 0.335 e. The lowest BCUT2D eigenvalue weighted by Gasteiger charge is -2.28. The Hall–Kier alpha value is -3.50. The highest BCUT2D eigenvalue weighted by molar-refractivity contribution is 6.33. The molecule has 0 spiro atoms. The Balaban J connectivity index is 1.92. The third kappa shape index (κ3) is 3.31. The summed E-state index contributed by atoms with van der Waals surface area (Å²) in [7, 11) is 0. The van der Waals surface area contributed by atoms with Gasteiger partial charge >= 0.3 is 6.03 Å². The highest BCUT2D eigenvalue weighted by atomic mass is 35.5. The van der Waals surface area contributed by atoms with Gasteiger partial charge in [0.05, 0.1) is 16.9 Å². The Morgan fingerprint density at radius 2 is 1.81 bits per heavy atom. The van der Waals surface area contributed by atoms with Crippen molar-refractivity contribution in [2.75, 3.05) is 4.90 Å². The van der Waals surface area contributed by atoms with Crippen LogP contribution in [0.3, 0.4) is 0 Å². The second-order valence-corrected chi connectivity index (χ2v) is 5.77. The standard InChI is InChI=1S/C18H11ClN4O3/c19-12-5-7-13(8-6-12)23-17(25)14(16(24)22-18(23)26)10-21-15-4-2-1-3-11(15)9-20/h1-8,10,14H,(H,22,24,26)/t14-/m1/s1. The first kappa shape index (κ1) is 17.3. The molecule has 1 atom stereocenters. The quantitative estimate of drug-likeness (QED) is 0.666. The number of carbonyl (C=O) groups is 3. The molecule has 0 aliphatic carbocycles. The van der Waals surface area contributed by atoms with Crippen LogP contribution in [0.25, 0.3) is 0 Å². The molecular weight excluding hydrogens is 356 g/mol. The first-order valence-corrected chi connectivity index (χ1v) is 7.86. The number of amides is 4. The molecule has 2 aromatic carbocycles. The molecule has 26 heavy (non-hydrogen) atoms. The smallest absolute Gasteiger partial charge is 0.276 e. The van der Waals surface area contributed by atoms with Crippen LogP contribution in [0.5, 0.6) is 0 Å². The summed E-state index contributed by atoms with van der Waals surface area (Å²) < 4.78 is 0. The summed E-state index contributed by atoms with van der Waals surface area (Å²) in [5, 5.41) is 11.6. The molecule has 1 aliphatic heterocycles. The Morgan fingerprint density at radius 1 is 1.12 bits per heavy atom. The molecule has 0 unspecified atom stereocenters. The second kappa shape index (κ2) is 7.17. The summed E-state index contributed by atoms with van der Waals surface area (Å²) in [4.78, 5) is 41.7. The molecule has 0 radical (unpaired) electrons. The van der Waals surface area contributed by atoms with Crippen molar-refractivity contribution in [1.82, 2.24) is 5.32 Å². The van der Waals surface area contributed by atoms with Crippen molar-refractivity contribution in [3.63, 3.8) is 0 Å². The van der Waals surface area contributed by atoms with E-state index >= 15 is 0 Å². The minimum absolute atomic E-state index is 0.278. The maximum atomic E-state index is 12.7. The number of urea groups is 1. The Morgan fingerprint density at radius 3 is 2.50 bits per heavy atom. The number of anilines is 1. The molecule has 1 heterocycles. The van der Waals surface area contributed by atoms with Crippen LogP contribution in [0.4, 0.5) is 16.2 Å². The Kier molecular flexibility index (Phi) is 4.78. The van der Waals surface area contributed by atoms with E-state index in [2.05, 4.69) is 10.3 Å². The fourth-order valence-corrected chi connectivity index (χ4v) is 2.52. The first-order chi connectivity index (χ1) is 12.5. The van der Waals surface area contributed by atoms with E-state index in [1.54, 1.807) is 24.3 Å². The number of aliphatic imine (C=N–C) groups is 1. The molecule has 0 aromatic heterocycles. The van der Waals surface area contributed by atoms with Gasteiger partial charge in [-0.05, 0) is 36.4 Å². The van der Waals surface area contributed by atoms with Gasteiger partial charge in [-0.2, -0.15) is 5.26 Å². The van der Waals surface area contributed by atoms with Crippen LogP contribution in [0.2, 0.25) is 5.02 Å². The van der Waals surface area contributed by atoms with Crippen molar-refractivity contribution in [2.24, 2.45) is 10.9 Å². The van der Waals surface area contributed by atoms with Gasteiger partial charge in [-0.15, -0.1) is 0 Å². The highest BCUT2D eigenvalue weighted by Crippen LogP contribution is 2.23. The zero-order valence-electron chi connectivity index (χ0n) is 13.2. The normalized spacial score (nSPS) is 17.3. The van der Waals surface area contributed by atoms with Crippen molar-refractivity contribution in [2.45, 2.75) is 0 Å². The minimum atomic E-state index is -1.30. The van der Waals surface area contributed by atoms with Crippen molar-refractivity contribution >= 4 is 47.0 Å². The van der Waals surface area contributed by atoms with Crippen molar-refractivity contribution < 1.29 is 14.4 Å². The summed E-state index contributed by atoms with van der Waals surface area (Å²) >= 11 is 5.82. The van der Waals surface area contributed by atoms with E-state index in [0.29, 0.717) is 16.3 Å². The zero-order valence-corrected chi connectivity index (χ0v) is 14.0. The number of nitrogens with zero attached hydrogens (tertiary/aromatic N) is 3. The van der Waals surface area contributed by atoms with Gasteiger partial charge in [0.2, 0.25) is 5.91 Å². The van der Waals surface area contributed by atoms with E-state index in [0.717, 1.165) is 11.1 Å². The number of nitriles is 1. The van der Waals surface area contributed by atoms with E-state index in [9.17, 15) is 14.4 Å². The van der Waals surface area contributed by atoms with Crippen LogP contribution in [-0.4, -0.2) is 24.1 Å². The van der Waals surface area contributed by atoms with Gasteiger partial charge in [0.15, 0.2) is 5.92 Å². The van der Waals surface area contributed by atoms with Gasteiger partial charge < -0.3 is 0 Å². The molecule has 0 saturated carbocycles. The molecule has 4 amide bonds. The van der Waals surface area contributed by atoms with Gasteiger partial charge in [0.1, 0.15) is 6.07 Å². The van der Waals surface area contributed by atoms with Crippen molar-refractivity contribution in [1.29, 1.82) is 5.26 Å². The monoisotopic (exact) mass is 366 g/mol. The SMILES string of the molecule is N#Cc1ccccc1N=C[C@@H]1C(=O)NC(=O)N(c2ccc(Cl)cc2)C1=O.